The first kappa shape index (κ1) is 20.5. The molecule has 31 heavy (non-hydrogen) atoms. The summed E-state index contributed by atoms with van der Waals surface area (Å²) in [4.78, 5) is 43.5. The van der Waals surface area contributed by atoms with Crippen LogP contribution in [0, 0.1) is 6.92 Å². The standard InChI is InChI=1S/C24H24N4O3/c1-16-13-23(31)28(15-22(30)26-21-9-7-18(8-10-21)17(2)29)24(25-16)27-12-11-19-5-3-4-6-20(19)14-27/h3-10,13H,11-12,14-15H2,1-2H3,(H,26,30). The predicted octanol–water partition coefficient (Wildman–Crippen LogP) is 2.96. The van der Waals surface area contributed by atoms with Crippen molar-refractivity contribution in [2.75, 3.05) is 16.8 Å². The maximum Gasteiger partial charge on any atom is 0.255 e. The minimum Gasteiger partial charge on any atom is -0.337 e. The van der Waals surface area contributed by atoms with Gasteiger partial charge in [-0.15, -0.1) is 0 Å². The summed E-state index contributed by atoms with van der Waals surface area (Å²) >= 11 is 0. The molecule has 1 aromatic heterocycles. The van der Waals surface area contributed by atoms with Gasteiger partial charge in [0, 0.05) is 36.1 Å². The SMILES string of the molecule is CC(=O)c1ccc(NC(=O)Cn2c(N3CCc4ccccc4C3)nc(C)cc2=O)cc1. The lowest BCUT2D eigenvalue weighted by Gasteiger charge is -2.31. The molecular weight excluding hydrogens is 392 g/mol. The number of Topliss-reactive ketones (excluding diaryl/α,β-unsaturated/α-hetero) is 1. The van der Waals surface area contributed by atoms with Crippen molar-refractivity contribution in [3.8, 4) is 0 Å². The van der Waals surface area contributed by atoms with Crippen molar-refractivity contribution in [3.05, 3.63) is 87.3 Å². The smallest absolute Gasteiger partial charge is 0.255 e. The van der Waals surface area contributed by atoms with Crippen LogP contribution in [0.25, 0.3) is 0 Å². The third-order valence-electron chi connectivity index (χ3n) is 5.41. The zero-order chi connectivity index (χ0) is 22.0. The second-order valence-corrected chi connectivity index (χ2v) is 7.74. The maximum absolute atomic E-state index is 12.7. The van der Waals surface area contributed by atoms with Crippen LogP contribution in [0.4, 0.5) is 11.6 Å². The van der Waals surface area contributed by atoms with Crippen molar-refractivity contribution in [2.24, 2.45) is 0 Å². The molecule has 0 radical (unpaired) electrons. The molecule has 1 amide bonds. The molecule has 3 aromatic rings. The van der Waals surface area contributed by atoms with Gasteiger partial charge in [0.05, 0.1) is 0 Å². The summed E-state index contributed by atoms with van der Waals surface area (Å²) in [5.74, 6) is 0.131. The molecule has 2 heterocycles. The zero-order valence-corrected chi connectivity index (χ0v) is 17.6. The lowest BCUT2D eigenvalue weighted by molar-refractivity contribution is -0.116. The number of amides is 1. The number of hydrogen-bond donors (Lipinski definition) is 1. The molecule has 0 bridgehead atoms. The molecule has 7 heteroatoms. The molecule has 7 nitrogen and oxygen atoms in total. The largest absolute Gasteiger partial charge is 0.337 e. The molecule has 158 valence electrons. The average molecular weight is 416 g/mol. The van der Waals surface area contributed by atoms with Gasteiger partial charge in [-0.05, 0) is 55.7 Å². The predicted molar refractivity (Wildman–Crippen MR) is 120 cm³/mol. The molecule has 0 fully saturated rings. The summed E-state index contributed by atoms with van der Waals surface area (Å²) in [6.45, 7) is 4.49. The van der Waals surface area contributed by atoms with Crippen molar-refractivity contribution >= 4 is 23.3 Å². The van der Waals surface area contributed by atoms with E-state index in [-0.39, 0.29) is 23.8 Å². The molecule has 0 atom stereocenters. The number of carbonyl (C=O) groups is 2. The highest BCUT2D eigenvalue weighted by Crippen LogP contribution is 2.22. The van der Waals surface area contributed by atoms with Crippen LogP contribution in [0.1, 0.15) is 34.1 Å². The van der Waals surface area contributed by atoms with Crippen LogP contribution in [0.3, 0.4) is 0 Å². The Labute approximate surface area is 180 Å². The minimum atomic E-state index is -0.331. The van der Waals surface area contributed by atoms with Crippen molar-refractivity contribution in [2.45, 2.75) is 33.4 Å². The first-order valence-corrected chi connectivity index (χ1v) is 10.2. The Kier molecular flexibility index (Phi) is 5.66. The highest BCUT2D eigenvalue weighted by Gasteiger charge is 2.22. The van der Waals surface area contributed by atoms with Gasteiger partial charge in [0.15, 0.2) is 5.78 Å². The number of fused-ring (bicyclic) bond motifs is 1. The summed E-state index contributed by atoms with van der Waals surface area (Å²) in [6, 6.07) is 16.3. The van der Waals surface area contributed by atoms with E-state index >= 15 is 0 Å². The highest BCUT2D eigenvalue weighted by molar-refractivity contribution is 5.95. The van der Waals surface area contributed by atoms with Crippen LogP contribution in [0.5, 0.6) is 0 Å². The number of anilines is 2. The first-order valence-electron chi connectivity index (χ1n) is 10.2. The van der Waals surface area contributed by atoms with E-state index in [2.05, 4.69) is 22.4 Å². The van der Waals surface area contributed by atoms with Crippen molar-refractivity contribution in [1.82, 2.24) is 9.55 Å². The van der Waals surface area contributed by atoms with Gasteiger partial charge in [0.1, 0.15) is 6.54 Å². The molecule has 4 rings (SSSR count). The summed E-state index contributed by atoms with van der Waals surface area (Å²) < 4.78 is 1.42. The summed E-state index contributed by atoms with van der Waals surface area (Å²) in [5, 5.41) is 2.79. The van der Waals surface area contributed by atoms with E-state index in [9.17, 15) is 14.4 Å². The van der Waals surface area contributed by atoms with Crippen LogP contribution in [0.15, 0.2) is 59.4 Å². The summed E-state index contributed by atoms with van der Waals surface area (Å²) in [5.41, 5.74) is 4.00. The van der Waals surface area contributed by atoms with Gasteiger partial charge in [-0.3, -0.25) is 19.0 Å². The van der Waals surface area contributed by atoms with E-state index in [1.807, 2.05) is 17.0 Å². The van der Waals surface area contributed by atoms with Gasteiger partial charge in [0.2, 0.25) is 11.9 Å². The van der Waals surface area contributed by atoms with E-state index in [1.165, 1.54) is 28.7 Å². The van der Waals surface area contributed by atoms with Crippen LogP contribution >= 0.6 is 0 Å². The van der Waals surface area contributed by atoms with Gasteiger partial charge in [-0.25, -0.2) is 4.98 Å². The molecule has 1 aliphatic heterocycles. The normalized spacial score (nSPS) is 12.9. The number of nitrogens with one attached hydrogen (secondary N) is 1. The second-order valence-electron chi connectivity index (χ2n) is 7.74. The molecule has 0 saturated heterocycles. The number of nitrogens with zero attached hydrogens (tertiary/aromatic N) is 3. The lowest BCUT2D eigenvalue weighted by atomic mass is 10.0. The van der Waals surface area contributed by atoms with E-state index in [4.69, 9.17) is 0 Å². The van der Waals surface area contributed by atoms with E-state index in [0.717, 1.165) is 13.0 Å². The Hall–Kier alpha value is -3.74. The van der Waals surface area contributed by atoms with Gasteiger partial charge in [-0.2, -0.15) is 0 Å². The molecule has 1 N–H and O–H groups in total. The maximum atomic E-state index is 12.7. The molecule has 0 spiro atoms. The van der Waals surface area contributed by atoms with Crippen molar-refractivity contribution < 1.29 is 9.59 Å². The lowest BCUT2D eigenvalue weighted by Crippen LogP contribution is -2.38. The molecule has 0 aliphatic carbocycles. The van der Waals surface area contributed by atoms with Gasteiger partial charge < -0.3 is 10.2 Å². The second kappa shape index (κ2) is 8.55. The van der Waals surface area contributed by atoms with Crippen LogP contribution in [-0.2, 0) is 24.3 Å². The number of ketones is 1. The first-order chi connectivity index (χ1) is 14.9. The quantitative estimate of drug-likeness (QED) is 0.647. The number of benzene rings is 2. The van der Waals surface area contributed by atoms with E-state index in [1.54, 1.807) is 31.2 Å². The number of aromatic nitrogens is 2. The summed E-state index contributed by atoms with van der Waals surface area (Å²) in [6.07, 6.45) is 0.856. The Morgan fingerprint density at radius 2 is 1.77 bits per heavy atom. The Morgan fingerprint density at radius 3 is 2.48 bits per heavy atom. The molecule has 0 saturated carbocycles. The highest BCUT2D eigenvalue weighted by atomic mass is 16.2. The fourth-order valence-electron chi connectivity index (χ4n) is 3.79. The van der Waals surface area contributed by atoms with Gasteiger partial charge in [-0.1, -0.05) is 24.3 Å². The Bertz CT molecular complexity index is 1200. The fourth-order valence-corrected chi connectivity index (χ4v) is 3.79. The fraction of sp³-hybridized carbons (Fsp3) is 0.250. The van der Waals surface area contributed by atoms with Crippen LogP contribution < -0.4 is 15.8 Å². The number of rotatable bonds is 5. The average Bonchev–Trinajstić information content (AvgIpc) is 2.75. The van der Waals surface area contributed by atoms with Gasteiger partial charge in [0.25, 0.3) is 5.56 Å². The van der Waals surface area contributed by atoms with Crippen molar-refractivity contribution in [3.63, 3.8) is 0 Å². The molecule has 0 unspecified atom stereocenters. The molecule has 1 aliphatic rings. The Balaban J connectivity index is 1.56. The van der Waals surface area contributed by atoms with Gasteiger partial charge >= 0.3 is 0 Å². The van der Waals surface area contributed by atoms with E-state index in [0.29, 0.717) is 29.4 Å². The Morgan fingerprint density at radius 1 is 1.06 bits per heavy atom. The summed E-state index contributed by atoms with van der Waals surface area (Å²) in [7, 11) is 0. The molecule has 2 aromatic carbocycles. The minimum absolute atomic E-state index is 0.0390. The monoisotopic (exact) mass is 416 g/mol. The zero-order valence-electron chi connectivity index (χ0n) is 17.6. The van der Waals surface area contributed by atoms with Crippen molar-refractivity contribution in [1.29, 1.82) is 0 Å². The number of hydrogen-bond acceptors (Lipinski definition) is 5. The number of aryl methyl sites for hydroxylation is 1. The van der Waals surface area contributed by atoms with Crippen LogP contribution in [-0.4, -0.2) is 27.8 Å². The number of carbonyl (C=O) groups excluding carboxylic acids is 2. The van der Waals surface area contributed by atoms with E-state index < -0.39 is 0 Å². The topological polar surface area (TPSA) is 84.3 Å². The van der Waals surface area contributed by atoms with Crippen LogP contribution in [0.2, 0.25) is 0 Å². The third-order valence-corrected chi connectivity index (χ3v) is 5.41. The molecular formula is C24H24N4O3. The third kappa shape index (κ3) is 4.55.